The molecule has 0 fully saturated rings. The van der Waals surface area contributed by atoms with Crippen molar-refractivity contribution in [3.05, 3.63) is 95.3 Å². The molecule has 1 atom stereocenters. The number of hydrogen-bond donors (Lipinski definition) is 2. The van der Waals surface area contributed by atoms with Gasteiger partial charge >= 0.3 is 5.97 Å². The van der Waals surface area contributed by atoms with Gasteiger partial charge in [-0.25, -0.2) is 14.8 Å². The van der Waals surface area contributed by atoms with Crippen molar-refractivity contribution in [2.24, 2.45) is 0 Å². The number of rotatable bonds is 7. The lowest BCUT2D eigenvalue weighted by Crippen LogP contribution is -2.09. The molecule has 2 N–H and O–H groups in total. The Kier molecular flexibility index (Phi) is 5.95. The predicted octanol–water partition coefficient (Wildman–Crippen LogP) is 4.95. The van der Waals surface area contributed by atoms with E-state index in [0.717, 1.165) is 21.9 Å². The molecule has 2 heterocycles. The first-order valence-corrected chi connectivity index (χ1v) is 10.0. The Bertz CT molecular complexity index is 1310. The summed E-state index contributed by atoms with van der Waals surface area (Å²) in [5.74, 6) is 0.0983. The summed E-state index contributed by atoms with van der Waals surface area (Å²) in [6.45, 7) is 2.24. The molecule has 0 aliphatic carbocycles. The van der Waals surface area contributed by atoms with Crippen molar-refractivity contribution in [1.82, 2.24) is 9.97 Å². The van der Waals surface area contributed by atoms with Crippen LogP contribution >= 0.6 is 0 Å². The molecule has 4 rings (SSSR count). The second-order valence-electron chi connectivity index (χ2n) is 7.27. The zero-order valence-electron chi connectivity index (χ0n) is 17.3. The quantitative estimate of drug-likeness (QED) is 0.432. The number of nitrogens with zero attached hydrogens (tertiary/aromatic N) is 3. The molecule has 4 aromatic rings. The van der Waals surface area contributed by atoms with Crippen molar-refractivity contribution in [3.63, 3.8) is 0 Å². The second kappa shape index (κ2) is 9.14. The van der Waals surface area contributed by atoms with E-state index in [4.69, 9.17) is 15.1 Å². The van der Waals surface area contributed by atoms with Gasteiger partial charge in [-0.15, -0.1) is 0 Å². The Morgan fingerprint density at radius 2 is 1.88 bits per heavy atom. The van der Waals surface area contributed by atoms with Crippen LogP contribution in [0, 0.1) is 11.3 Å². The maximum atomic E-state index is 11.1. The minimum atomic E-state index is -0.957. The minimum absolute atomic E-state index is 0.128. The van der Waals surface area contributed by atoms with E-state index in [1.54, 1.807) is 48.8 Å². The van der Waals surface area contributed by atoms with Crippen LogP contribution in [0.25, 0.3) is 10.8 Å². The average Bonchev–Trinajstić information content (AvgIpc) is 2.83. The van der Waals surface area contributed by atoms with Crippen molar-refractivity contribution < 1.29 is 14.6 Å². The first kappa shape index (κ1) is 20.8. The molecule has 0 saturated carbocycles. The van der Waals surface area contributed by atoms with Crippen molar-refractivity contribution in [2.75, 3.05) is 5.32 Å². The molecular formula is C25H20N4O3. The molecule has 7 nitrogen and oxygen atoms in total. The van der Waals surface area contributed by atoms with Crippen LogP contribution in [0.1, 0.15) is 40.0 Å². The normalized spacial score (nSPS) is 11.5. The molecule has 0 spiro atoms. The lowest BCUT2D eigenvalue weighted by atomic mass is 10.1. The van der Waals surface area contributed by atoms with Crippen molar-refractivity contribution >= 4 is 22.6 Å². The van der Waals surface area contributed by atoms with Gasteiger partial charge in [0.1, 0.15) is 12.4 Å². The van der Waals surface area contributed by atoms with E-state index in [9.17, 15) is 4.79 Å². The molecule has 0 unspecified atom stereocenters. The van der Waals surface area contributed by atoms with E-state index in [1.807, 2.05) is 31.2 Å². The van der Waals surface area contributed by atoms with E-state index in [-0.39, 0.29) is 18.2 Å². The molecule has 158 valence electrons. The SMILES string of the molecule is C[C@H](Nc1nccc2ccnc(OCc3cccc(C#N)c3)c12)c1ccc(C(=O)O)cc1. The van der Waals surface area contributed by atoms with Gasteiger partial charge < -0.3 is 15.2 Å². The summed E-state index contributed by atoms with van der Waals surface area (Å²) in [5, 5.41) is 23.3. The van der Waals surface area contributed by atoms with E-state index in [0.29, 0.717) is 17.3 Å². The lowest BCUT2D eigenvalue weighted by molar-refractivity contribution is 0.0697. The van der Waals surface area contributed by atoms with Crippen LogP contribution in [0.15, 0.2) is 73.1 Å². The summed E-state index contributed by atoms with van der Waals surface area (Å²) < 4.78 is 6.01. The monoisotopic (exact) mass is 424 g/mol. The maximum absolute atomic E-state index is 11.1. The van der Waals surface area contributed by atoms with E-state index in [1.165, 1.54) is 0 Å². The third-order valence-electron chi connectivity index (χ3n) is 5.09. The highest BCUT2D eigenvalue weighted by Gasteiger charge is 2.14. The van der Waals surface area contributed by atoms with Crippen molar-refractivity contribution in [1.29, 1.82) is 5.26 Å². The largest absolute Gasteiger partial charge is 0.478 e. The van der Waals surface area contributed by atoms with Crippen LogP contribution in [0.2, 0.25) is 0 Å². The Hall–Kier alpha value is -4.44. The average molecular weight is 424 g/mol. The molecule has 7 heteroatoms. The lowest BCUT2D eigenvalue weighted by Gasteiger charge is -2.18. The molecule has 32 heavy (non-hydrogen) atoms. The van der Waals surface area contributed by atoms with Gasteiger partial charge in [-0.05, 0) is 59.8 Å². The maximum Gasteiger partial charge on any atom is 0.335 e. The van der Waals surface area contributed by atoms with Gasteiger partial charge in [-0.2, -0.15) is 5.26 Å². The van der Waals surface area contributed by atoms with Gasteiger partial charge in [-0.3, -0.25) is 0 Å². The number of nitrogens with one attached hydrogen (secondary N) is 1. The van der Waals surface area contributed by atoms with Gasteiger partial charge in [0, 0.05) is 18.4 Å². The number of hydrogen-bond acceptors (Lipinski definition) is 6. The number of carboxylic acids is 1. The van der Waals surface area contributed by atoms with Gasteiger partial charge in [0.15, 0.2) is 0 Å². The smallest absolute Gasteiger partial charge is 0.335 e. The summed E-state index contributed by atoms with van der Waals surface area (Å²) >= 11 is 0. The Morgan fingerprint density at radius 1 is 1.12 bits per heavy atom. The number of ether oxygens (including phenoxy) is 1. The van der Waals surface area contributed by atoms with E-state index in [2.05, 4.69) is 21.4 Å². The molecule has 0 saturated heterocycles. The topological polar surface area (TPSA) is 108 Å². The summed E-state index contributed by atoms with van der Waals surface area (Å²) in [6.07, 6.45) is 3.40. The first-order chi connectivity index (χ1) is 15.5. The Morgan fingerprint density at radius 3 is 2.59 bits per heavy atom. The van der Waals surface area contributed by atoms with Crippen LogP contribution in [0.4, 0.5) is 5.82 Å². The molecule has 0 aliphatic heterocycles. The second-order valence-corrected chi connectivity index (χ2v) is 7.27. The van der Waals surface area contributed by atoms with Crippen LogP contribution in [-0.4, -0.2) is 21.0 Å². The first-order valence-electron chi connectivity index (χ1n) is 10.0. The zero-order valence-corrected chi connectivity index (χ0v) is 17.3. The number of nitriles is 1. The molecular weight excluding hydrogens is 404 g/mol. The number of benzene rings is 2. The number of carboxylic acid groups (broad SMARTS) is 1. The number of anilines is 1. The summed E-state index contributed by atoms with van der Waals surface area (Å²) in [4.78, 5) is 20.0. The number of carbonyl (C=O) groups is 1. The molecule has 2 aromatic heterocycles. The van der Waals surface area contributed by atoms with E-state index >= 15 is 0 Å². The summed E-state index contributed by atoms with van der Waals surface area (Å²) in [5.41, 5.74) is 2.61. The molecule has 0 aliphatic rings. The van der Waals surface area contributed by atoms with Crippen LogP contribution in [0.5, 0.6) is 5.88 Å². The molecule has 0 bridgehead atoms. The molecule has 0 radical (unpaired) electrons. The van der Waals surface area contributed by atoms with E-state index < -0.39 is 5.97 Å². The minimum Gasteiger partial charge on any atom is -0.478 e. The molecule has 2 aromatic carbocycles. The third-order valence-corrected chi connectivity index (χ3v) is 5.09. The highest BCUT2D eigenvalue weighted by atomic mass is 16.5. The number of aromatic nitrogens is 2. The zero-order chi connectivity index (χ0) is 22.5. The Labute approximate surface area is 185 Å². The summed E-state index contributed by atoms with van der Waals surface area (Å²) in [7, 11) is 0. The fraction of sp³-hybridized carbons (Fsp3) is 0.120. The third kappa shape index (κ3) is 4.50. The fourth-order valence-electron chi connectivity index (χ4n) is 3.39. The van der Waals surface area contributed by atoms with Crippen LogP contribution < -0.4 is 10.1 Å². The highest BCUT2D eigenvalue weighted by Crippen LogP contribution is 2.31. The number of aromatic carboxylic acids is 1. The van der Waals surface area contributed by atoms with Gasteiger partial charge in [0.05, 0.1) is 22.6 Å². The fourth-order valence-corrected chi connectivity index (χ4v) is 3.39. The van der Waals surface area contributed by atoms with Gasteiger partial charge in [0.2, 0.25) is 5.88 Å². The van der Waals surface area contributed by atoms with Crippen molar-refractivity contribution in [2.45, 2.75) is 19.6 Å². The summed E-state index contributed by atoms with van der Waals surface area (Å²) in [6, 6.07) is 19.7. The van der Waals surface area contributed by atoms with Gasteiger partial charge in [-0.1, -0.05) is 24.3 Å². The number of pyridine rings is 2. The molecule has 0 amide bonds. The standard InChI is InChI=1S/C25H20N4O3/c1-16(19-5-7-21(8-6-19)25(30)31)29-23-22-20(9-11-27-23)10-12-28-24(22)32-15-18-4-2-3-17(13-18)14-26/h2-13,16H,15H2,1H3,(H,27,29)(H,30,31)/t16-/m0/s1. The van der Waals surface area contributed by atoms with Gasteiger partial charge in [0.25, 0.3) is 0 Å². The van der Waals surface area contributed by atoms with Crippen LogP contribution in [-0.2, 0) is 6.61 Å². The predicted molar refractivity (Wildman–Crippen MR) is 120 cm³/mol. The van der Waals surface area contributed by atoms with Crippen molar-refractivity contribution in [3.8, 4) is 11.9 Å². The number of fused-ring (bicyclic) bond motifs is 1. The Balaban J connectivity index is 1.60. The highest BCUT2D eigenvalue weighted by molar-refractivity contribution is 5.95. The van der Waals surface area contributed by atoms with Crippen LogP contribution in [0.3, 0.4) is 0 Å².